The highest BCUT2D eigenvalue weighted by Gasteiger charge is 2.29. The summed E-state index contributed by atoms with van der Waals surface area (Å²) in [5, 5.41) is 0. The van der Waals surface area contributed by atoms with Gasteiger partial charge in [0.05, 0.1) is 6.54 Å². The third kappa shape index (κ3) is 2.76. The number of benzene rings is 1. The Morgan fingerprint density at radius 1 is 1.18 bits per heavy atom. The molecule has 4 rings (SSSR count). The number of Topliss-reactive ketones (excluding diaryl/α,β-unsaturated/α-hetero) is 1. The summed E-state index contributed by atoms with van der Waals surface area (Å²) in [4.78, 5) is 44.0. The minimum absolute atomic E-state index is 0.237. The SMILES string of the molecule is CC(=O)Cn1c(=O)c2c(nc3n2C[C@@H](C)CN3c2ccc(C)cc2)n(C)c1=O. The maximum atomic E-state index is 13.1. The van der Waals surface area contributed by atoms with E-state index in [4.69, 9.17) is 0 Å². The third-order valence-corrected chi connectivity index (χ3v) is 5.17. The van der Waals surface area contributed by atoms with Gasteiger partial charge in [-0.05, 0) is 31.9 Å². The molecule has 0 amide bonds. The van der Waals surface area contributed by atoms with Crippen molar-refractivity contribution in [3.05, 3.63) is 50.7 Å². The Bertz CT molecular complexity index is 1200. The largest absolute Gasteiger partial charge is 0.332 e. The predicted octanol–water partition coefficient (Wildman–Crippen LogP) is 1.58. The number of carbonyl (C=O) groups excluding carboxylic acids is 1. The first-order valence-electron chi connectivity index (χ1n) is 9.31. The van der Waals surface area contributed by atoms with E-state index in [2.05, 4.69) is 16.8 Å². The molecule has 146 valence electrons. The van der Waals surface area contributed by atoms with Crippen LogP contribution in [0.2, 0.25) is 0 Å². The Hall–Kier alpha value is -3.16. The lowest BCUT2D eigenvalue weighted by molar-refractivity contribution is -0.117. The van der Waals surface area contributed by atoms with Crippen molar-refractivity contribution >= 4 is 28.6 Å². The van der Waals surface area contributed by atoms with E-state index < -0.39 is 11.2 Å². The molecule has 8 nitrogen and oxygen atoms in total. The second kappa shape index (κ2) is 6.47. The summed E-state index contributed by atoms with van der Waals surface area (Å²) < 4.78 is 4.22. The van der Waals surface area contributed by atoms with Crippen molar-refractivity contribution in [1.82, 2.24) is 18.7 Å². The Labute approximate surface area is 161 Å². The summed E-state index contributed by atoms with van der Waals surface area (Å²) in [5.74, 6) is 0.681. The molecule has 0 spiro atoms. The molecule has 28 heavy (non-hydrogen) atoms. The monoisotopic (exact) mass is 381 g/mol. The molecule has 0 unspecified atom stereocenters. The van der Waals surface area contributed by atoms with Crippen LogP contribution in [0.15, 0.2) is 33.9 Å². The first-order valence-corrected chi connectivity index (χ1v) is 9.31. The van der Waals surface area contributed by atoms with Gasteiger partial charge >= 0.3 is 5.69 Å². The van der Waals surface area contributed by atoms with E-state index in [0.29, 0.717) is 23.7 Å². The summed E-state index contributed by atoms with van der Waals surface area (Å²) in [6.45, 7) is 6.67. The molecule has 0 fully saturated rings. The Morgan fingerprint density at radius 3 is 2.50 bits per heavy atom. The Balaban J connectivity index is 2.00. The molecule has 0 radical (unpaired) electrons. The Morgan fingerprint density at radius 2 is 1.86 bits per heavy atom. The van der Waals surface area contributed by atoms with Crippen molar-refractivity contribution in [3.63, 3.8) is 0 Å². The highest BCUT2D eigenvalue weighted by atomic mass is 16.2. The molecule has 0 saturated heterocycles. The average Bonchev–Trinajstić information content (AvgIpc) is 3.03. The lowest BCUT2D eigenvalue weighted by Gasteiger charge is -2.33. The third-order valence-electron chi connectivity index (χ3n) is 5.17. The van der Waals surface area contributed by atoms with E-state index in [-0.39, 0.29) is 18.2 Å². The van der Waals surface area contributed by atoms with Gasteiger partial charge in [0, 0.05) is 25.8 Å². The van der Waals surface area contributed by atoms with Gasteiger partial charge in [0.15, 0.2) is 11.2 Å². The van der Waals surface area contributed by atoms with Crippen LogP contribution in [0.3, 0.4) is 0 Å². The zero-order valence-electron chi connectivity index (χ0n) is 16.5. The first kappa shape index (κ1) is 18.2. The summed E-state index contributed by atoms with van der Waals surface area (Å²) in [6.07, 6.45) is 0. The van der Waals surface area contributed by atoms with E-state index in [9.17, 15) is 14.4 Å². The van der Waals surface area contributed by atoms with E-state index >= 15 is 0 Å². The van der Waals surface area contributed by atoms with Crippen molar-refractivity contribution in [2.45, 2.75) is 33.9 Å². The number of hydrogen-bond donors (Lipinski definition) is 0. The molecular formula is C20H23N5O3. The van der Waals surface area contributed by atoms with Crippen LogP contribution in [0.1, 0.15) is 19.4 Å². The van der Waals surface area contributed by atoms with Gasteiger partial charge in [0.25, 0.3) is 5.56 Å². The van der Waals surface area contributed by atoms with E-state index in [0.717, 1.165) is 22.4 Å². The molecule has 2 aromatic heterocycles. The number of ketones is 1. The van der Waals surface area contributed by atoms with Crippen LogP contribution in [-0.4, -0.2) is 31.0 Å². The number of anilines is 2. The topological polar surface area (TPSA) is 82.1 Å². The van der Waals surface area contributed by atoms with Crippen LogP contribution in [0, 0.1) is 12.8 Å². The summed E-state index contributed by atoms with van der Waals surface area (Å²) in [7, 11) is 1.58. The van der Waals surface area contributed by atoms with Crippen molar-refractivity contribution in [1.29, 1.82) is 0 Å². The van der Waals surface area contributed by atoms with E-state index in [1.807, 2.05) is 35.8 Å². The summed E-state index contributed by atoms with van der Waals surface area (Å²) >= 11 is 0. The second-order valence-corrected chi connectivity index (χ2v) is 7.68. The van der Waals surface area contributed by atoms with Crippen molar-refractivity contribution < 1.29 is 4.79 Å². The van der Waals surface area contributed by atoms with Crippen LogP contribution in [0.4, 0.5) is 11.6 Å². The highest BCUT2D eigenvalue weighted by Crippen LogP contribution is 2.32. The van der Waals surface area contributed by atoms with Crippen LogP contribution >= 0.6 is 0 Å². The first-order chi connectivity index (χ1) is 13.3. The molecule has 0 bridgehead atoms. The maximum absolute atomic E-state index is 13.1. The lowest BCUT2D eigenvalue weighted by Crippen LogP contribution is -2.41. The van der Waals surface area contributed by atoms with Crippen LogP contribution < -0.4 is 16.1 Å². The van der Waals surface area contributed by atoms with Gasteiger partial charge in [0.1, 0.15) is 5.78 Å². The van der Waals surface area contributed by atoms with Crippen molar-refractivity contribution in [3.8, 4) is 0 Å². The van der Waals surface area contributed by atoms with E-state index in [1.54, 1.807) is 7.05 Å². The number of fused-ring (bicyclic) bond motifs is 3. The maximum Gasteiger partial charge on any atom is 0.332 e. The summed E-state index contributed by atoms with van der Waals surface area (Å²) in [5.41, 5.74) is 1.86. The fourth-order valence-corrected chi connectivity index (χ4v) is 3.81. The molecule has 1 atom stereocenters. The number of carbonyl (C=O) groups is 1. The van der Waals surface area contributed by atoms with Gasteiger partial charge < -0.3 is 9.47 Å². The fourth-order valence-electron chi connectivity index (χ4n) is 3.81. The van der Waals surface area contributed by atoms with Gasteiger partial charge in [-0.3, -0.25) is 18.7 Å². The molecule has 8 heteroatoms. The molecule has 0 aliphatic carbocycles. The average molecular weight is 381 g/mol. The number of aromatic nitrogens is 4. The molecule has 0 N–H and O–H groups in total. The normalized spacial score (nSPS) is 16.4. The van der Waals surface area contributed by atoms with Gasteiger partial charge in [0.2, 0.25) is 5.95 Å². The van der Waals surface area contributed by atoms with E-state index in [1.165, 1.54) is 11.5 Å². The number of hydrogen-bond acceptors (Lipinski definition) is 5. The quantitative estimate of drug-likeness (QED) is 0.688. The molecule has 1 aliphatic rings. The molecular weight excluding hydrogens is 358 g/mol. The standard InChI is InChI=1S/C20H23N5O3/c1-12-5-7-15(8-6-12)23-9-13(2)10-24-16-17(21-19(23)24)22(4)20(28)25(18(16)27)11-14(3)26/h5-8,13H,9-11H2,1-4H3/t13-/m0/s1. The predicted molar refractivity (Wildman–Crippen MR) is 107 cm³/mol. The second-order valence-electron chi connectivity index (χ2n) is 7.68. The molecule has 3 aromatic rings. The van der Waals surface area contributed by atoms with Crippen molar-refractivity contribution in [2.24, 2.45) is 13.0 Å². The summed E-state index contributed by atoms with van der Waals surface area (Å²) in [6, 6.07) is 8.14. The highest BCUT2D eigenvalue weighted by molar-refractivity contribution is 5.78. The van der Waals surface area contributed by atoms with Crippen LogP contribution in [0.25, 0.3) is 11.2 Å². The molecule has 1 aromatic carbocycles. The molecule has 0 saturated carbocycles. The fraction of sp³-hybridized carbons (Fsp3) is 0.400. The number of rotatable bonds is 3. The van der Waals surface area contributed by atoms with Crippen LogP contribution in [0.5, 0.6) is 0 Å². The smallest absolute Gasteiger partial charge is 0.312 e. The van der Waals surface area contributed by atoms with Gasteiger partial charge in [-0.25, -0.2) is 4.79 Å². The van der Waals surface area contributed by atoms with Gasteiger partial charge in [-0.15, -0.1) is 0 Å². The number of imidazole rings is 1. The number of aryl methyl sites for hydroxylation is 2. The minimum atomic E-state index is -0.530. The lowest BCUT2D eigenvalue weighted by atomic mass is 10.1. The zero-order chi connectivity index (χ0) is 20.2. The number of nitrogens with zero attached hydrogens (tertiary/aromatic N) is 5. The van der Waals surface area contributed by atoms with Crippen LogP contribution in [-0.2, 0) is 24.9 Å². The zero-order valence-corrected chi connectivity index (χ0v) is 16.5. The van der Waals surface area contributed by atoms with Gasteiger partial charge in [-0.1, -0.05) is 24.6 Å². The van der Waals surface area contributed by atoms with Gasteiger partial charge in [-0.2, -0.15) is 4.98 Å². The minimum Gasteiger partial charge on any atom is -0.312 e. The molecule has 1 aliphatic heterocycles. The van der Waals surface area contributed by atoms with Crippen molar-refractivity contribution in [2.75, 3.05) is 11.4 Å². The molecule has 3 heterocycles. The Kier molecular flexibility index (Phi) is 4.21.